The number of rotatable bonds is 5. The number of carboxylic acid groups (broad SMARTS) is 1. The normalized spacial score (nSPS) is 9.33. The predicted octanol–water partition coefficient (Wildman–Crippen LogP) is 1.53. The molecule has 1 N–H and O–H groups in total. The Morgan fingerprint density at radius 2 is 2.00 bits per heavy atom. The number of benzene rings is 1. The summed E-state index contributed by atoms with van der Waals surface area (Å²) < 4.78 is 0. The highest BCUT2D eigenvalue weighted by atomic mass is 16.4. The van der Waals surface area contributed by atoms with Crippen LogP contribution in [0, 0.1) is 0 Å². The Balaban J connectivity index is 2.91. The smallest absolute Gasteiger partial charge is 0.335 e. The average molecular weight is 205 g/mol. The van der Waals surface area contributed by atoms with Crippen LogP contribution in [0.4, 0.5) is 5.69 Å². The molecule has 0 bridgehead atoms. The van der Waals surface area contributed by atoms with Gasteiger partial charge in [-0.2, -0.15) is 0 Å². The van der Waals surface area contributed by atoms with Crippen molar-refractivity contribution in [2.45, 2.75) is 0 Å². The van der Waals surface area contributed by atoms with Crippen molar-refractivity contribution in [3.8, 4) is 0 Å². The summed E-state index contributed by atoms with van der Waals surface area (Å²) in [6.07, 6.45) is 2.27. The van der Waals surface area contributed by atoms with E-state index in [4.69, 9.17) is 5.11 Å². The third-order valence-corrected chi connectivity index (χ3v) is 1.90. The number of hydrogen-bond acceptors (Lipinski definition) is 2. The van der Waals surface area contributed by atoms with Crippen LogP contribution < -0.4 is 4.90 Å². The number of carbonyl (C=O) groups is 2. The van der Waals surface area contributed by atoms with E-state index in [1.807, 2.05) is 0 Å². The molecular formula is C11H11NO3. The van der Waals surface area contributed by atoms with E-state index in [9.17, 15) is 9.59 Å². The molecule has 0 saturated carbocycles. The monoisotopic (exact) mass is 205 g/mol. The molecule has 0 aromatic heterocycles. The molecular weight excluding hydrogens is 194 g/mol. The van der Waals surface area contributed by atoms with Gasteiger partial charge in [0.05, 0.1) is 5.56 Å². The largest absolute Gasteiger partial charge is 0.478 e. The Labute approximate surface area is 87.4 Å². The quantitative estimate of drug-likeness (QED) is 0.585. The number of carboxylic acids is 1. The number of amides is 1. The molecule has 0 saturated heterocycles. The van der Waals surface area contributed by atoms with Gasteiger partial charge in [-0.15, -0.1) is 6.58 Å². The third kappa shape index (κ3) is 2.67. The van der Waals surface area contributed by atoms with E-state index >= 15 is 0 Å². The maximum Gasteiger partial charge on any atom is 0.335 e. The van der Waals surface area contributed by atoms with E-state index in [0.29, 0.717) is 18.6 Å². The van der Waals surface area contributed by atoms with Gasteiger partial charge < -0.3 is 10.0 Å². The molecule has 0 aliphatic rings. The number of aromatic carboxylic acids is 1. The van der Waals surface area contributed by atoms with Crippen LogP contribution in [-0.2, 0) is 4.79 Å². The Morgan fingerprint density at radius 1 is 1.40 bits per heavy atom. The topological polar surface area (TPSA) is 57.6 Å². The molecule has 0 fully saturated rings. The average Bonchev–Trinajstić information content (AvgIpc) is 2.26. The number of hydrogen-bond donors (Lipinski definition) is 1. The number of nitrogens with zero attached hydrogens (tertiary/aromatic N) is 1. The second kappa shape index (κ2) is 4.95. The molecule has 78 valence electrons. The van der Waals surface area contributed by atoms with Gasteiger partial charge in [-0.3, -0.25) is 4.79 Å². The van der Waals surface area contributed by atoms with Gasteiger partial charge in [-0.1, -0.05) is 6.08 Å². The Hall–Kier alpha value is -2.10. The van der Waals surface area contributed by atoms with Crippen molar-refractivity contribution in [2.75, 3.05) is 11.4 Å². The van der Waals surface area contributed by atoms with Crippen LogP contribution in [0.3, 0.4) is 0 Å². The highest BCUT2D eigenvalue weighted by Crippen LogP contribution is 2.13. The zero-order valence-corrected chi connectivity index (χ0v) is 8.09. The standard InChI is InChI=1S/C11H11NO3/c1-2-7-12(8-13)10-5-3-9(4-6-10)11(14)15/h2-6,8H,1,7H2,(H,14,15). The van der Waals surface area contributed by atoms with Gasteiger partial charge >= 0.3 is 5.97 Å². The van der Waals surface area contributed by atoms with Crippen LogP contribution in [-0.4, -0.2) is 24.0 Å². The molecule has 1 aromatic carbocycles. The molecule has 0 aliphatic carbocycles. The lowest BCUT2D eigenvalue weighted by Gasteiger charge is -2.14. The molecule has 4 heteroatoms. The summed E-state index contributed by atoms with van der Waals surface area (Å²) in [4.78, 5) is 22.7. The van der Waals surface area contributed by atoms with E-state index in [-0.39, 0.29) is 5.56 Å². The first-order valence-electron chi connectivity index (χ1n) is 4.35. The maximum absolute atomic E-state index is 10.7. The van der Waals surface area contributed by atoms with E-state index in [1.165, 1.54) is 17.0 Å². The van der Waals surface area contributed by atoms with Crippen molar-refractivity contribution in [2.24, 2.45) is 0 Å². The molecule has 0 unspecified atom stereocenters. The summed E-state index contributed by atoms with van der Waals surface area (Å²) in [5.74, 6) is -0.983. The van der Waals surface area contributed by atoms with Crippen LogP contribution >= 0.6 is 0 Å². The lowest BCUT2D eigenvalue weighted by atomic mass is 10.2. The van der Waals surface area contributed by atoms with Crippen molar-refractivity contribution in [1.29, 1.82) is 0 Å². The first kappa shape index (κ1) is 11.0. The van der Waals surface area contributed by atoms with Gasteiger partial charge in [0.2, 0.25) is 6.41 Å². The first-order valence-corrected chi connectivity index (χ1v) is 4.35. The first-order chi connectivity index (χ1) is 7.19. The summed E-state index contributed by atoms with van der Waals surface area (Å²) in [7, 11) is 0. The minimum atomic E-state index is -0.983. The molecule has 15 heavy (non-hydrogen) atoms. The Morgan fingerprint density at radius 3 is 2.40 bits per heavy atom. The molecule has 0 spiro atoms. The van der Waals surface area contributed by atoms with Gasteiger partial charge in [0.15, 0.2) is 0 Å². The van der Waals surface area contributed by atoms with Gasteiger partial charge in [0.1, 0.15) is 0 Å². The fourth-order valence-electron chi connectivity index (χ4n) is 1.14. The van der Waals surface area contributed by atoms with Gasteiger partial charge in [0, 0.05) is 12.2 Å². The molecule has 1 aromatic rings. The van der Waals surface area contributed by atoms with Crippen molar-refractivity contribution in [3.63, 3.8) is 0 Å². The summed E-state index contributed by atoms with van der Waals surface area (Å²) in [6.45, 7) is 3.92. The van der Waals surface area contributed by atoms with E-state index in [2.05, 4.69) is 6.58 Å². The lowest BCUT2D eigenvalue weighted by Crippen LogP contribution is -2.20. The highest BCUT2D eigenvalue weighted by Gasteiger charge is 2.05. The minimum Gasteiger partial charge on any atom is -0.478 e. The van der Waals surface area contributed by atoms with Crippen molar-refractivity contribution >= 4 is 18.1 Å². The molecule has 4 nitrogen and oxygen atoms in total. The highest BCUT2D eigenvalue weighted by molar-refractivity contribution is 5.88. The second-order valence-electron chi connectivity index (χ2n) is 2.90. The summed E-state index contributed by atoms with van der Waals surface area (Å²) >= 11 is 0. The molecule has 0 heterocycles. The summed E-state index contributed by atoms with van der Waals surface area (Å²) in [5, 5.41) is 8.68. The van der Waals surface area contributed by atoms with Crippen LogP contribution in [0.5, 0.6) is 0 Å². The molecule has 1 amide bonds. The molecule has 0 radical (unpaired) electrons. The van der Waals surface area contributed by atoms with Gasteiger partial charge in [-0.25, -0.2) is 4.79 Å². The van der Waals surface area contributed by atoms with Crippen molar-refractivity contribution < 1.29 is 14.7 Å². The fraction of sp³-hybridized carbons (Fsp3) is 0.0909. The van der Waals surface area contributed by atoms with Crippen molar-refractivity contribution in [3.05, 3.63) is 42.5 Å². The maximum atomic E-state index is 10.7. The van der Waals surface area contributed by atoms with Crippen LogP contribution in [0.25, 0.3) is 0 Å². The van der Waals surface area contributed by atoms with E-state index < -0.39 is 5.97 Å². The van der Waals surface area contributed by atoms with Crippen LogP contribution in [0.15, 0.2) is 36.9 Å². The van der Waals surface area contributed by atoms with Gasteiger partial charge in [-0.05, 0) is 24.3 Å². The van der Waals surface area contributed by atoms with Crippen LogP contribution in [0.2, 0.25) is 0 Å². The Kier molecular flexibility index (Phi) is 3.62. The fourth-order valence-corrected chi connectivity index (χ4v) is 1.14. The summed E-state index contributed by atoms with van der Waals surface area (Å²) in [6, 6.07) is 6.08. The van der Waals surface area contributed by atoms with E-state index in [1.54, 1.807) is 18.2 Å². The zero-order valence-electron chi connectivity index (χ0n) is 8.09. The predicted molar refractivity (Wildman–Crippen MR) is 57.0 cm³/mol. The molecule has 0 aliphatic heterocycles. The third-order valence-electron chi connectivity index (χ3n) is 1.90. The summed E-state index contributed by atoms with van der Waals surface area (Å²) in [5.41, 5.74) is 0.845. The van der Waals surface area contributed by atoms with Crippen molar-refractivity contribution in [1.82, 2.24) is 0 Å². The van der Waals surface area contributed by atoms with Crippen LogP contribution in [0.1, 0.15) is 10.4 Å². The number of carbonyl (C=O) groups excluding carboxylic acids is 1. The number of anilines is 1. The van der Waals surface area contributed by atoms with Gasteiger partial charge in [0.25, 0.3) is 0 Å². The minimum absolute atomic E-state index is 0.197. The lowest BCUT2D eigenvalue weighted by molar-refractivity contribution is -0.107. The Bertz CT molecular complexity index is 370. The molecule has 1 rings (SSSR count). The zero-order chi connectivity index (χ0) is 11.3. The molecule has 0 atom stereocenters. The SMILES string of the molecule is C=CCN(C=O)c1ccc(C(=O)O)cc1. The second-order valence-corrected chi connectivity index (χ2v) is 2.90. The van der Waals surface area contributed by atoms with E-state index in [0.717, 1.165) is 0 Å².